The van der Waals surface area contributed by atoms with Gasteiger partial charge in [-0.15, -0.1) is 0 Å². The summed E-state index contributed by atoms with van der Waals surface area (Å²) in [5.74, 6) is 3.75. The largest absolute Gasteiger partial charge is 0.378 e. The minimum absolute atomic E-state index is 0.0441. The molecule has 44 heavy (non-hydrogen) atoms. The highest BCUT2D eigenvalue weighted by Gasteiger charge is 2.59. The van der Waals surface area contributed by atoms with Crippen LogP contribution in [0.25, 0.3) is 0 Å². The molecule has 2 saturated heterocycles. The molecule has 7 rings (SSSR count). The van der Waals surface area contributed by atoms with Gasteiger partial charge in [-0.25, -0.2) is 0 Å². The van der Waals surface area contributed by atoms with Gasteiger partial charge in [-0.3, -0.25) is 9.69 Å². The molecule has 0 N–H and O–H groups in total. The van der Waals surface area contributed by atoms with E-state index in [4.69, 9.17) is 14.2 Å². The monoisotopic (exact) mass is 601 g/mol. The predicted octanol–water partition coefficient (Wildman–Crippen LogP) is 7.55. The van der Waals surface area contributed by atoms with E-state index in [1.807, 2.05) is 6.07 Å². The number of carbonyl (C=O) groups excluding carboxylic acids is 1. The summed E-state index contributed by atoms with van der Waals surface area (Å²) < 4.78 is 19.2. The standard InChI is InChI=1S/C39H55NO4/c1-26-20-36-37(40(24-26)16-17-42-18-19-43-25-29-8-6-5-7-9-29)28(3)39(44-36)15-13-32-33-11-10-30-21-31(41)12-14-38(30,4)35(33)22-34(32)27(2)23-39/h5-10,26,28,32-33,35-37H,11-25H2,1-4H3/t26-,28+,32-,33-,35-,36+,37-,38-,39-/m0/s1. The van der Waals surface area contributed by atoms with Crippen molar-refractivity contribution in [2.75, 3.05) is 32.9 Å². The molecule has 5 heteroatoms. The van der Waals surface area contributed by atoms with Gasteiger partial charge in [0.15, 0.2) is 0 Å². The minimum atomic E-state index is -0.0441. The molecule has 5 nitrogen and oxygen atoms in total. The number of nitrogens with zero attached hydrogens (tertiary/aromatic N) is 1. The molecular weight excluding hydrogens is 546 g/mol. The maximum absolute atomic E-state index is 12.3. The Morgan fingerprint density at radius 1 is 1.07 bits per heavy atom. The average Bonchev–Trinajstić information content (AvgIpc) is 3.47. The van der Waals surface area contributed by atoms with Crippen molar-refractivity contribution in [2.45, 2.75) is 110 Å². The van der Waals surface area contributed by atoms with Gasteiger partial charge in [0.25, 0.3) is 0 Å². The second kappa shape index (κ2) is 12.4. The molecule has 0 unspecified atom stereocenters. The number of ether oxygens (including phenoxy) is 3. The zero-order valence-corrected chi connectivity index (χ0v) is 27.7. The summed E-state index contributed by atoms with van der Waals surface area (Å²) in [4.78, 5) is 15.0. The van der Waals surface area contributed by atoms with E-state index < -0.39 is 0 Å². The van der Waals surface area contributed by atoms with Crippen LogP contribution in [0.5, 0.6) is 0 Å². The lowest BCUT2D eigenvalue weighted by Gasteiger charge is -2.47. The highest BCUT2D eigenvalue weighted by molar-refractivity contribution is 5.82. The SMILES string of the molecule is CC1=C2C[C@H]3[C@@H](CC=C4CC(=O)CC[C@@]43C)[C@@H]2CC[C@@]2(C1)O[C@@H]1C[C@H](C)CN(CCOCCOCc3ccccc3)[C@H]1[C@H]2C. The summed E-state index contributed by atoms with van der Waals surface area (Å²) in [6.07, 6.45) is 12.5. The quantitative estimate of drug-likeness (QED) is 0.228. The van der Waals surface area contributed by atoms with Crippen molar-refractivity contribution in [3.05, 3.63) is 58.7 Å². The van der Waals surface area contributed by atoms with Crippen LogP contribution >= 0.6 is 0 Å². The van der Waals surface area contributed by atoms with E-state index >= 15 is 0 Å². The third kappa shape index (κ3) is 5.58. The number of piperidine rings is 1. The second-order valence-electron chi connectivity index (χ2n) is 15.7. The number of carbonyl (C=O) groups is 1. The molecule has 240 valence electrons. The lowest BCUT2D eigenvalue weighted by molar-refractivity contribution is -0.121. The van der Waals surface area contributed by atoms with Crippen molar-refractivity contribution in [1.82, 2.24) is 4.90 Å². The Morgan fingerprint density at radius 2 is 1.89 bits per heavy atom. The lowest BCUT2D eigenvalue weighted by atomic mass is 9.57. The van der Waals surface area contributed by atoms with Crippen LogP contribution < -0.4 is 0 Å². The fraction of sp³-hybridized carbons (Fsp3) is 0.718. The first-order chi connectivity index (χ1) is 21.3. The zero-order valence-electron chi connectivity index (χ0n) is 27.7. The van der Waals surface area contributed by atoms with Crippen LogP contribution in [0, 0.1) is 35.0 Å². The van der Waals surface area contributed by atoms with Crippen LogP contribution in [-0.2, 0) is 25.6 Å². The van der Waals surface area contributed by atoms with Crippen LogP contribution in [0.2, 0.25) is 0 Å². The molecule has 9 atom stereocenters. The van der Waals surface area contributed by atoms with Crippen LogP contribution in [0.1, 0.15) is 91.0 Å². The Hall–Kier alpha value is -1.79. The number of rotatable bonds is 8. The molecule has 0 radical (unpaired) electrons. The third-order valence-electron chi connectivity index (χ3n) is 13.1. The Kier molecular flexibility index (Phi) is 8.71. The fourth-order valence-corrected chi connectivity index (χ4v) is 10.8. The maximum atomic E-state index is 12.3. The van der Waals surface area contributed by atoms with Crippen molar-refractivity contribution in [2.24, 2.45) is 35.0 Å². The maximum Gasteiger partial charge on any atom is 0.136 e. The summed E-state index contributed by atoms with van der Waals surface area (Å²) in [6, 6.07) is 10.8. The molecule has 2 heterocycles. The number of benzene rings is 1. The normalized spacial score (nSPS) is 40.3. The number of Topliss-reactive ketones (excluding diaryl/α,β-unsaturated/α-hetero) is 1. The summed E-state index contributed by atoms with van der Waals surface area (Å²) in [5.41, 5.74) is 6.26. The topological polar surface area (TPSA) is 48.0 Å². The van der Waals surface area contributed by atoms with Gasteiger partial charge in [-0.1, -0.05) is 73.9 Å². The van der Waals surface area contributed by atoms with Gasteiger partial charge in [0, 0.05) is 37.9 Å². The van der Waals surface area contributed by atoms with E-state index in [1.54, 1.807) is 11.1 Å². The van der Waals surface area contributed by atoms with E-state index in [2.05, 4.69) is 62.9 Å². The number of hydrogen-bond acceptors (Lipinski definition) is 5. The first-order valence-corrected chi connectivity index (χ1v) is 17.8. The predicted molar refractivity (Wildman–Crippen MR) is 174 cm³/mol. The van der Waals surface area contributed by atoms with Crippen molar-refractivity contribution < 1.29 is 19.0 Å². The Labute approximate surface area is 265 Å². The van der Waals surface area contributed by atoms with E-state index in [1.165, 1.54) is 43.2 Å². The smallest absolute Gasteiger partial charge is 0.136 e. The number of fused-ring (bicyclic) bond motifs is 6. The summed E-state index contributed by atoms with van der Waals surface area (Å²) in [7, 11) is 0. The van der Waals surface area contributed by atoms with E-state index in [-0.39, 0.29) is 11.0 Å². The first-order valence-electron chi connectivity index (χ1n) is 17.8. The molecule has 2 saturated carbocycles. The van der Waals surface area contributed by atoms with Gasteiger partial charge in [0.1, 0.15) is 5.78 Å². The van der Waals surface area contributed by atoms with Gasteiger partial charge in [0.05, 0.1) is 38.1 Å². The molecule has 0 amide bonds. The Bertz CT molecular complexity index is 1270. The van der Waals surface area contributed by atoms with Crippen molar-refractivity contribution in [1.29, 1.82) is 0 Å². The average molecular weight is 602 g/mol. The third-order valence-corrected chi connectivity index (χ3v) is 13.1. The van der Waals surface area contributed by atoms with Gasteiger partial charge in [-0.05, 0) is 86.5 Å². The Morgan fingerprint density at radius 3 is 2.73 bits per heavy atom. The summed E-state index contributed by atoms with van der Waals surface area (Å²) in [5, 5.41) is 0. The van der Waals surface area contributed by atoms with Gasteiger partial charge in [0.2, 0.25) is 0 Å². The first kappa shape index (κ1) is 30.8. The number of allylic oxidation sites excluding steroid dienone is 3. The van der Waals surface area contributed by atoms with Crippen LogP contribution in [0.15, 0.2) is 53.1 Å². The molecule has 2 aliphatic heterocycles. The molecule has 4 fully saturated rings. The van der Waals surface area contributed by atoms with Crippen molar-refractivity contribution in [3.8, 4) is 0 Å². The second-order valence-corrected chi connectivity index (χ2v) is 15.7. The highest BCUT2D eigenvalue weighted by atomic mass is 16.5. The van der Waals surface area contributed by atoms with Crippen LogP contribution in [0.4, 0.5) is 0 Å². The molecular formula is C39H55NO4. The van der Waals surface area contributed by atoms with Gasteiger partial charge >= 0.3 is 0 Å². The summed E-state index contributed by atoms with van der Waals surface area (Å²) >= 11 is 0. The Balaban J connectivity index is 0.983. The lowest BCUT2D eigenvalue weighted by Crippen LogP contribution is -2.52. The van der Waals surface area contributed by atoms with Crippen molar-refractivity contribution >= 4 is 5.78 Å². The molecule has 0 aromatic heterocycles. The zero-order chi connectivity index (χ0) is 30.5. The summed E-state index contributed by atoms with van der Waals surface area (Å²) in [6.45, 7) is 14.6. The van der Waals surface area contributed by atoms with Crippen molar-refractivity contribution in [3.63, 3.8) is 0 Å². The van der Waals surface area contributed by atoms with E-state index in [0.717, 1.165) is 44.9 Å². The highest BCUT2D eigenvalue weighted by Crippen LogP contribution is 2.63. The van der Waals surface area contributed by atoms with Crippen LogP contribution in [-0.4, -0.2) is 61.3 Å². The van der Waals surface area contributed by atoms with E-state index in [9.17, 15) is 4.79 Å². The molecule has 1 aromatic rings. The minimum Gasteiger partial charge on any atom is -0.378 e. The van der Waals surface area contributed by atoms with E-state index in [0.29, 0.717) is 67.8 Å². The molecule has 0 bridgehead atoms. The molecule has 1 spiro atoms. The van der Waals surface area contributed by atoms with Gasteiger partial charge in [-0.2, -0.15) is 0 Å². The molecule has 4 aliphatic carbocycles. The molecule has 6 aliphatic rings. The molecule has 1 aromatic carbocycles. The van der Waals surface area contributed by atoms with Gasteiger partial charge < -0.3 is 14.2 Å². The number of ketones is 1. The fourth-order valence-electron chi connectivity index (χ4n) is 10.8. The number of likely N-dealkylation sites (tertiary alicyclic amines) is 1. The van der Waals surface area contributed by atoms with Crippen LogP contribution in [0.3, 0.4) is 0 Å². The number of hydrogen-bond donors (Lipinski definition) is 0.